The van der Waals surface area contributed by atoms with Crippen LogP contribution in [0.15, 0.2) is 46.1 Å². The van der Waals surface area contributed by atoms with Crippen LogP contribution in [0.3, 0.4) is 0 Å². The summed E-state index contributed by atoms with van der Waals surface area (Å²) in [6, 6.07) is 9.61. The summed E-state index contributed by atoms with van der Waals surface area (Å²) < 4.78 is 0. The molecular formula is C11H10N2O2. The molecule has 0 bridgehead atoms. The van der Waals surface area contributed by atoms with E-state index in [2.05, 4.69) is 9.97 Å². The van der Waals surface area contributed by atoms with E-state index in [1.807, 2.05) is 30.3 Å². The molecule has 76 valence electrons. The van der Waals surface area contributed by atoms with E-state index >= 15 is 0 Å². The molecule has 0 saturated carbocycles. The van der Waals surface area contributed by atoms with Crippen LogP contribution < -0.4 is 11.2 Å². The Hall–Kier alpha value is -2.10. The highest BCUT2D eigenvalue weighted by molar-refractivity contribution is 5.22. The van der Waals surface area contributed by atoms with Crippen LogP contribution in [0.4, 0.5) is 0 Å². The Morgan fingerprint density at radius 2 is 1.80 bits per heavy atom. The molecule has 0 saturated heterocycles. The maximum absolute atomic E-state index is 11.4. The van der Waals surface area contributed by atoms with Crippen molar-refractivity contribution >= 4 is 0 Å². The van der Waals surface area contributed by atoms with Gasteiger partial charge in [0.2, 0.25) is 0 Å². The number of rotatable bonds is 2. The van der Waals surface area contributed by atoms with Crippen LogP contribution in [0.2, 0.25) is 0 Å². The maximum atomic E-state index is 11.4. The summed E-state index contributed by atoms with van der Waals surface area (Å²) in [5, 5.41) is 0. The molecule has 0 spiro atoms. The Bertz CT molecular complexity index is 555. The lowest BCUT2D eigenvalue weighted by Crippen LogP contribution is -2.24. The van der Waals surface area contributed by atoms with Gasteiger partial charge in [-0.15, -0.1) is 0 Å². The van der Waals surface area contributed by atoms with E-state index in [9.17, 15) is 9.59 Å². The number of hydrogen-bond acceptors (Lipinski definition) is 2. The molecule has 0 unspecified atom stereocenters. The first-order chi connectivity index (χ1) is 7.25. The first-order valence-corrected chi connectivity index (χ1v) is 4.60. The molecule has 1 aromatic carbocycles. The summed E-state index contributed by atoms with van der Waals surface area (Å²) in [5.74, 6) is 0. The van der Waals surface area contributed by atoms with Crippen molar-refractivity contribution in [2.24, 2.45) is 0 Å². The van der Waals surface area contributed by atoms with Gasteiger partial charge in [0.15, 0.2) is 0 Å². The number of hydrogen-bond donors (Lipinski definition) is 2. The number of aromatic nitrogens is 2. The van der Waals surface area contributed by atoms with E-state index in [-0.39, 0.29) is 5.56 Å². The largest absolute Gasteiger partial charge is 0.325 e. The Balaban J connectivity index is 2.33. The molecule has 0 aliphatic rings. The van der Waals surface area contributed by atoms with Crippen LogP contribution in [0.25, 0.3) is 0 Å². The second-order valence-corrected chi connectivity index (χ2v) is 3.26. The van der Waals surface area contributed by atoms with E-state index in [1.54, 1.807) is 0 Å². The fourth-order valence-electron chi connectivity index (χ4n) is 1.38. The average Bonchev–Trinajstić information content (AvgIpc) is 2.24. The lowest BCUT2D eigenvalue weighted by molar-refractivity contribution is 0.975. The number of nitrogens with one attached hydrogen (secondary N) is 2. The van der Waals surface area contributed by atoms with Gasteiger partial charge in [-0.2, -0.15) is 0 Å². The summed E-state index contributed by atoms with van der Waals surface area (Å²) in [7, 11) is 0. The third kappa shape index (κ3) is 2.22. The van der Waals surface area contributed by atoms with Gasteiger partial charge >= 0.3 is 5.69 Å². The van der Waals surface area contributed by atoms with Crippen molar-refractivity contribution in [2.45, 2.75) is 6.42 Å². The van der Waals surface area contributed by atoms with Crippen molar-refractivity contribution in [3.05, 3.63) is 68.5 Å². The Morgan fingerprint density at radius 1 is 1.07 bits per heavy atom. The summed E-state index contributed by atoms with van der Waals surface area (Å²) in [5.41, 5.74) is 0.787. The Labute approximate surface area is 85.6 Å². The molecule has 0 amide bonds. The Morgan fingerprint density at radius 3 is 2.47 bits per heavy atom. The molecule has 15 heavy (non-hydrogen) atoms. The van der Waals surface area contributed by atoms with Gasteiger partial charge in [0.25, 0.3) is 5.56 Å². The van der Waals surface area contributed by atoms with E-state index in [0.29, 0.717) is 12.0 Å². The lowest BCUT2D eigenvalue weighted by Gasteiger charge is -1.99. The minimum Gasteiger partial charge on any atom is -0.314 e. The molecule has 0 fully saturated rings. The predicted molar refractivity (Wildman–Crippen MR) is 56.9 cm³/mol. The first-order valence-electron chi connectivity index (χ1n) is 4.60. The van der Waals surface area contributed by atoms with E-state index < -0.39 is 5.69 Å². The molecule has 0 radical (unpaired) electrons. The molecule has 1 aromatic heterocycles. The number of H-pyrrole nitrogens is 2. The van der Waals surface area contributed by atoms with Crippen LogP contribution in [0, 0.1) is 0 Å². The van der Waals surface area contributed by atoms with Gasteiger partial charge in [0.05, 0.1) is 0 Å². The molecule has 2 rings (SSSR count). The van der Waals surface area contributed by atoms with Crippen molar-refractivity contribution in [2.75, 3.05) is 0 Å². The lowest BCUT2D eigenvalue weighted by atomic mass is 10.1. The van der Waals surface area contributed by atoms with E-state index in [0.717, 1.165) is 5.56 Å². The monoisotopic (exact) mass is 202 g/mol. The van der Waals surface area contributed by atoms with Gasteiger partial charge in [0, 0.05) is 18.2 Å². The molecule has 2 aromatic rings. The van der Waals surface area contributed by atoms with E-state index in [1.165, 1.54) is 6.20 Å². The molecule has 0 aliphatic heterocycles. The average molecular weight is 202 g/mol. The van der Waals surface area contributed by atoms with Crippen LogP contribution >= 0.6 is 0 Å². The highest BCUT2D eigenvalue weighted by Gasteiger charge is 2.00. The molecule has 0 atom stereocenters. The minimum absolute atomic E-state index is 0.331. The van der Waals surface area contributed by atoms with Crippen LogP contribution in [-0.4, -0.2) is 9.97 Å². The highest BCUT2D eigenvalue weighted by Crippen LogP contribution is 2.03. The fourth-order valence-corrected chi connectivity index (χ4v) is 1.38. The normalized spacial score (nSPS) is 10.1. The minimum atomic E-state index is -0.475. The zero-order valence-corrected chi connectivity index (χ0v) is 7.99. The molecule has 4 nitrogen and oxygen atoms in total. The summed E-state index contributed by atoms with van der Waals surface area (Å²) >= 11 is 0. The second kappa shape index (κ2) is 3.96. The van der Waals surface area contributed by atoms with Gasteiger partial charge < -0.3 is 4.98 Å². The van der Waals surface area contributed by atoms with Crippen molar-refractivity contribution < 1.29 is 0 Å². The van der Waals surface area contributed by atoms with Crippen molar-refractivity contribution in [1.29, 1.82) is 0 Å². The quantitative estimate of drug-likeness (QED) is 0.751. The molecule has 2 N–H and O–H groups in total. The molecule has 1 heterocycles. The van der Waals surface area contributed by atoms with Crippen molar-refractivity contribution in [1.82, 2.24) is 9.97 Å². The van der Waals surface area contributed by atoms with Crippen molar-refractivity contribution in [3.8, 4) is 0 Å². The third-order valence-electron chi connectivity index (χ3n) is 2.13. The first kappa shape index (κ1) is 9.45. The third-order valence-corrected chi connectivity index (χ3v) is 2.13. The van der Waals surface area contributed by atoms with Crippen LogP contribution in [0.1, 0.15) is 11.1 Å². The second-order valence-electron chi connectivity index (χ2n) is 3.26. The molecule has 4 heteroatoms. The van der Waals surface area contributed by atoms with Gasteiger partial charge in [-0.05, 0) is 5.56 Å². The van der Waals surface area contributed by atoms with Crippen LogP contribution in [-0.2, 0) is 6.42 Å². The van der Waals surface area contributed by atoms with E-state index in [4.69, 9.17) is 0 Å². The summed E-state index contributed by atoms with van der Waals surface area (Å²) in [6.45, 7) is 0. The van der Waals surface area contributed by atoms with Gasteiger partial charge in [-0.3, -0.25) is 9.78 Å². The summed E-state index contributed by atoms with van der Waals surface area (Å²) in [6.07, 6.45) is 1.97. The van der Waals surface area contributed by atoms with Gasteiger partial charge in [0.1, 0.15) is 0 Å². The fraction of sp³-hybridized carbons (Fsp3) is 0.0909. The Kier molecular flexibility index (Phi) is 2.49. The zero-order valence-electron chi connectivity index (χ0n) is 7.99. The SMILES string of the molecule is O=c1[nH]cc(Cc2ccccc2)c(=O)[nH]1. The molecular weight excluding hydrogens is 192 g/mol. The molecule has 0 aliphatic carbocycles. The topological polar surface area (TPSA) is 65.7 Å². The van der Waals surface area contributed by atoms with Crippen LogP contribution in [0.5, 0.6) is 0 Å². The number of aromatic amines is 2. The maximum Gasteiger partial charge on any atom is 0.325 e. The standard InChI is InChI=1S/C11H10N2O2/c14-10-9(7-12-11(15)13-10)6-8-4-2-1-3-5-8/h1-5,7H,6H2,(H2,12,13,14,15). The summed E-state index contributed by atoms with van der Waals surface area (Å²) in [4.78, 5) is 26.8. The zero-order chi connectivity index (χ0) is 10.7. The predicted octanol–water partition coefficient (Wildman–Crippen LogP) is 0.654. The van der Waals surface area contributed by atoms with Crippen molar-refractivity contribution in [3.63, 3.8) is 0 Å². The van der Waals surface area contributed by atoms with Gasteiger partial charge in [-0.1, -0.05) is 30.3 Å². The van der Waals surface area contributed by atoms with Gasteiger partial charge in [-0.25, -0.2) is 4.79 Å². The smallest absolute Gasteiger partial charge is 0.314 e. The highest BCUT2D eigenvalue weighted by atomic mass is 16.2. The number of benzene rings is 1.